The van der Waals surface area contributed by atoms with Crippen molar-refractivity contribution in [3.05, 3.63) is 18.2 Å². The fourth-order valence-electron chi connectivity index (χ4n) is 1.37. The Morgan fingerprint density at radius 1 is 1.54 bits per heavy atom. The van der Waals surface area contributed by atoms with Crippen LogP contribution in [-0.2, 0) is 12.0 Å². The van der Waals surface area contributed by atoms with E-state index in [1.54, 1.807) is 0 Å². The zero-order chi connectivity index (χ0) is 9.90. The van der Waals surface area contributed by atoms with Crippen molar-refractivity contribution >= 4 is 0 Å². The lowest BCUT2D eigenvalue weighted by atomic mass is 10.0. The maximum absolute atomic E-state index is 5.53. The molecule has 0 amide bonds. The molecule has 0 spiro atoms. The van der Waals surface area contributed by atoms with Crippen molar-refractivity contribution in [2.24, 2.45) is 5.73 Å². The number of aromatic nitrogens is 2. The molecule has 0 aliphatic carbocycles. The summed E-state index contributed by atoms with van der Waals surface area (Å²) in [4.78, 5) is 4.16. The number of nitrogens with zero attached hydrogens (tertiary/aromatic N) is 2. The summed E-state index contributed by atoms with van der Waals surface area (Å²) >= 11 is 0. The van der Waals surface area contributed by atoms with Gasteiger partial charge in [0, 0.05) is 23.9 Å². The molecule has 1 rings (SSSR count). The summed E-state index contributed by atoms with van der Waals surface area (Å²) in [5, 5.41) is 0. The van der Waals surface area contributed by atoms with Crippen LogP contribution in [0.2, 0.25) is 0 Å². The number of hydrogen-bond acceptors (Lipinski definition) is 2. The van der Waals surface area contributed by atoms with Crippen LogP contribution in [0.15, 0.2) is 12.5 Å². The van der Waals surface area contributed by atoms with Crippen LogP contribution in [0.1, 0.15) is 32.9 Å². The van der Waals surface area contributed by atoms with Crippen molar-refractivity contribution in [3.8, 4) is 0 Å². The summed E-state index contributed by atoms with van der Waals surface area (Å²) in [5.74, 6) is 0. The van der Waals surface area contributed by atoms with Gasteiger partial charge in [-0.15, -0.1) is 0 Å². The van der Waals surface area contributed by atoms with Crippen LogP contribution < -0.4 is 5.73 Å². The van der Waals surface area contributed by atoms with E-state index in [-0.39, 0.29) is 5.54 Å². The van der Waals surface area contributed by atoms with Gasteiger partial charge in [0.2, 0.25) is 0 Å². The highest BCUT2D eigenvalue weighted by Crippen LogP contribution is 2.21. The first-order chi connectivity index (χ1) is 6.11. The molecule has 1 heterocycles. The summed E-state index contributed by atoms with van der Waals surface area (Å²) in [6.07, 6.45) is 5.81. The quantitative estimate of drug-likeness (QED) is 0.765. The lowest BCUT2D eigenvalue weighted by molar-refractivity contribution is 0.332. The fraction of sp³-hybridized carbons (Fsp3) is 0.700. The first kappa shape index (κ1) is 10.3. The molecule has 1 aromatic heterocycles. The molecule has 0 aliphatic heterocycles. The molecule has 0 aromatic carbocycles. The van der Waals surface area contributed by atoms with Gasteiger partial charge in [-0.05, 0) is 26.8 Å². The van der Waals surface area contributed by atoms with E-state index in [1.807, 2.05) is 12.5 Å². The van der Waals surface area contributed by atoms with Gasteiger partial charge < -0.3 is 10.3 Å². The van der Waals surface area contributed by atoms with Crippen LogP contribution in [-0.4, -0.2) is 16.1 Å². The molecule has 3 heteroatoms. The summed E-state index contributed by atoms with van der Waals surface area (Å²) in [5.41, 5.74) is 6.92. The second kappa shape index (κ2) is 3.92. The van der Waals surface area contributed by atoms with Crippen LogP contribution in [0.3, 0.4) is 0 Å². The molecule has 0 unspecified atom stereocenters. The van der Waals surface area contributed by atoms with E-state index >= 15 is 0 Å². The molecule has 3 nitrogen and oxygen atoms in total. The molecule has 0 bridgehead atoms. The molecule has 0 fully saturated rings. The van der Waals surface area contributed by atoms with Gasteiger partial charge in [0.15, 0.2) is 0 Å². The highest BCUT2D eigenvalue weighted by atomic mass is 15.1. The SMILES string of the molecule is CCC(C)(C)n1cncc1CCN. The monoisotopic (exact) mass is 181 g/mol. The summed E-state index contributed by atoms with van der Waals surface area (Å²) < 4.78 is 2.22. The maximum atomic E-state index is 5.53. The summed E-state index contributed by atoms with van der Waals surface area (Å²) in [6.45, 7) is 7.31. The third kappa shape index (κ3) is 2.10. The Hall–Kier alpha value is -0.830. The van der Waals surface area contributed by atoms with E-state index in [2.05, 4.69) is 30.3 Å². The topological polar surface area (TPSA) is 43.8 Å². The summed E-state index contributed by atoms with van der Waals surface area (Å²) in [7, 11) is 0. The van der Waals surface area contributed by atoms with Gasteiger partial charge >= 0.3 is 0 Å². The van der Waals surface area contributed by atoms with E-state index < -0.39 is 0 Å². The van der Waals surface area contributed by atoms with Crippen molar-refractivity contribution in [1.29, 1.82) is 0 Å². The van der Waals surface area contributed by atoms with Gasteiger partial charge in [-0.2, -0.15) is 0 Å². The van der Waals surface area contributed by atoms with E-state index in [4.69, 9.17) is 5.73 Å². The lowest BCUT2D eigenvalue weighted by Gasteiger charge is -2.27. The predicted molar refractivity (Wildman–Crippen MR) is 54.6 cm³/mol. The van der Waals surface area contributed by atoms with Crippen molar-refractivity contribution in [1.82, 2.24) is 9.55 Å². The van der Waals surface area contributed by atoms with Crippen LogP contribution in [0.25, 0.3) is 0 Å². The third-order valence-electron chi connectivity index (χ3n) is 2.63. The van der Waals surface area contributed by atoms with Crippen molar-refractivity contribution in [2.45, 2.75) is 39.2 Å². The minimum Gasteiger partial charge on any atom is -0.330 e. The number of imidazole rings is 1. The molecule has 0 saturated heterocycles. The predicted octanol–water partition coefficient (Wildman–Crippen LogP) is 1.53. The highest BCUT2D eigenvalue weighted by Gasteiger charge is 2.19. The largest absolute Gasteiger partial charge is 0.330 e. The smallest absolute Gasteiger partial charge is 0.0953 e. The van der Waals surface area contributed by atoms with Gasteiger partial charge in [-0.1, -0.05) is 6.92 Å². The second-order valence-corrected chi connectivity index (χ2v) is 3.96. The third-order valence-corrected chi connectivity index (χ3v) is 2.63. The Kier molecular flexibility index (Phi) is 3.09. The first-order valence-electron chi connectivity index (χ1n) is 4.83. The van der Waals surface area contributed by atoms with Gasteiger partial charge in [-0.25, -0.2) is 4.98 Å². The average Bonchev–Trinajstić information content (AvgIpc) is 2.54. The minimum absolute atomic E-state index is 0.154. The van der Waals surface area contributed by atoms with Crippen molar-refractivity contribution in [2.75, 3.05) is 6.54 Å². The zero-order valence-electron chi connectivity index (χ0n) is 8.75. The molecular formula is C10H19N3. The van der Waals surface area contributed by atoms with Gasteiger partial charge in [0.1, 0.15) is 0 Å². The Bertz CT molecular complexity index is 263. The van der Waals surface area contributed by atoms with Gasteiger partial charge in [-0.3, -0.25) is 0 Å². The Morgan fingerprint density at radius 3 is 2.77 bits per heavy atom. The molecule has 2 N–H and O–H groups in total. The minimum atomic E-state index is 0.154. The molecule has 74 valence electrons. The van der Waals surface area contributed by atoms with E-state index in [0.29, 0.717) is 6.54 Å². The number of rotatable bonds is 4. The van der Waals surface area contributed by atoms with Crippen LogP contribution >= 0.6 is 0 Å². The van der Waals surface area contributed by atoms with E-state index in [1.165, 1.54) is 5.69 Å². The number of nitrogens with two attached hydrogens (primary N) is 1. The molecular weight excluding hydrogens is 162 g/mol. The second-order valence-electron chi connectivity index (χ2n) is 3.96. The van der Waals surface area contributed by atoms with Crippen LogP contribution in [0, 0.1) is 0 Å². The Balaban J connectivity index is 2.93. The standard InChI is InChI=1S/C10H19N3/c1-4-10(2,3)13-8-12-7-9(13)5-6-11/h7-8H,4-6,11H2,1-3H3. The molecule has 1 aromatic rings. The fourth-order valence-corrected chi connectivity index (χ4v) is 1.37. The van der Waals surface area contributed by atoms with Gasteiger partial charge in [0.05, 0.1) is 6.33 Å². The molecule has 0 radical (unpaired) electrons. The van der Waals surface area contributed by atoms with Gasteiger partial charge in [0.25, 0.3) is 0 Å². The maximum Gasteiger partial charge on any atom is 0.0953 e. The van der Waals surface area contributed by atoms with E-state index in [9.17, 15) is 0 Å². The first-order valence-corrected chi connectivity index (χ1v) is 4.83. The van der Waals surface area contributed by atoms with E-state index in [0.717, 1.165) is 12.8 Å². The molecule has 13 heavy (non-hydrogen) atoms. The molecule has 0 saturated carbocycles. The van der Waals surface area contributed by atoms with Crippen LogP contribution in [0.5, 0.6) is 0 Å². The normalized spacial score (nSPS) is 12.0. The lowest BCUT2D eigenvalue weighted by Crippen LogP contribution is -2.27. The number of hydrogen-bond donors (Lipinski definition) is 1. The summed E-state index contributed by atoms with van der Waals surface area (Å²) in [6, 6.07) is 0. The highest BCUT2D eigenvalue weighted by molar-refractivity contribution is 5.03. The molecule has 0 aliphatic rings. The zero-order valence-corrected chi connectivity index (χ0v) is 8.75. The van der Waals surface area contributed by atoms with Crippen molar-refractivity contribution in [3.63, 3.8) is 0 Å². The van der Waals surface area contributed by atoms with Crippen LogP contribution in [0.4, 0.5) is 0 Å². The van der Waals surface area contributed by atoms with Crippen molar-refractivity contribution < 1.29 is 0 Å². The average molecular weight is 181 g/mol. The molecule has 0 atom stereocenters. The Labute approximate surface area is 80.0 Å². The Morgan fingerprint density at radius 2 is 2.23 bits per heavy atom.